The van der Waals surface area contributed by atoms with Crippen LogP contribution in [0, 0.1) is 6.92 Å². The summed E-state index contributed by atoms with van der Waals surface area (Å²) in [5.41, 5.74) is 4.14. The van der Waals surface area contributed by atoms with Gasteiger partial charge < -0.3 is 5.32 Å². The van der Waals surface area contributed by atoms with Gasteiger partial charge in [0.2, 0.25) is 5.91 Å². The third-order valence-corrected chi connectivity index (χ3v) is 8.12. The highest BCUT2D eigenvalue weighted by Crippen LogP contribution is 2.37. The number of thioether (sulfide) groups is 3. The summed E-state index contributed by atoms with van der Waals surface area (Å²) >= 11 is 5.22. The molecule has 0 aliphatic heterocycles. The van der Waals surface area contributed by atoms with Gasteiger partial charge in [-0.25, -0.2) is 4.98 Å². The predicted molar refractivity (Wildman–Crippen MR) is 141 cm³/mol. The van der Waals surface area contributed by atoms with Crippen LogP contribution in [0.5, 0.6) is 0 Å². The molecule has 0 spiro atoms. The lowest BCUT2D eigenvalue weighted by Gasteiger charge is -2.25. The molecule has 1 N–H and O–H groups in total. The fourth-order valence-electron chi connectivity index (χ4n) is 3.37. The second kappa shape index (κ2) is 12.8. The summed E-state index contributed by atoms with van der Waals surface area (Å²) in [4.78, 5) is 18.4. The number of anilines is 1. The van der Waals surface area contributed by atoms with E-state index in [-0.39, 0.29) is 10.7 Å². The highest BCUT2D eigenvalue weighted by molar-refractivity contribution is 8.00. The van der Waals surface area contributed by atoms with Crippen LogP contribution >= 0.6 is 35.3 Å². The zero-order valence-electron chi connectivity index (χ0n) is 19.7. The molecule has 1 amide bonds. The fourth-order valence-corrected chi connectivity index (χ4v) is 5.84. The van der Waals surface area contributed by atoms with Crippen molar-refractivity contribution in [2.24, 2.45) is 0 Å². The molecule has 170 valence electrons. The topological polar surface area (TPSA) is 42.0 Å². The zero-order chi connectivity index (χ0) is 22.9. The lowest BCUT2D eigenvalue weighted by Crippen LogP contribution is -2.17. The van der Waals surface area contributed by atoms with E-state index in [4.69, 9.17) is 0 Å². The van der Waals surface area contributed by atoms with Crippen molar-refractivity contribution in [3.63, 3.8) is 0 Å². The molecular formula is C25H36N2OS3. The molecular weight excluding hydrogens is 440 g/mol. The van der Waals surface area contributed by atoms with Gasteiger partial charge in [-0.2, -0.15) is 11.8 Å². The Morgan fingerprint density at radius 1 is 1.06 bits per heavy atom. The number of aromatic nitrogens is 1. The number of carbonyl (C=O) groups is 1. The molecule has 31 heavy (non-hydrogen) atoms. The number of rotatable bonds is 12. The van der Waals surface area contributed by atoms with Crippen LogP contribution in [0.1, 0.15) is 63.3 Å². The number of nitrogens with zero attached hydrogens (tertiary/aromatic N) is 1. The second-order valence-corrected chi connectivity index (χ2v) is 11.6. The summed E-state index contributed by atoms with van der Waals surface area (Å²) in [6.45, 7) is 8.81. The average molecular weight is 477 g/mol. The summed E-state index contributed by atoms with van der Waals surface area (Å²) in [6.07, 6.45) is 9.58. The van der Waals surface area contributed by atoms with Crippen molar-refractivity contribution in [1.29, 1.82) is 0 Å². The smallest absolute Gasteiger partial charge is 0.228 e. The summed E-state index contributed by atoms with van der Waals surface area (Å²) in [6, 6.07) is 10.6. The Labute approximate surface area is 201 Å². The number of benzene rings is 1. The van der Waals surface area contributed by atoms with Gasteiger partial charge in [-0.1, -0.05) is 50.5 Å². The van der Waals surface area contributed by atoms with E-state index in [1.807, 2.05) is 37.3 Å². The molecule has 3 nitrogen and oxygen atoms in total. The van der Waals surface area contributed by atoms with Gasteiger partial charge in [-0.15, -0.1) is 23.5 Å². The molecule has 0 saturated heterocycles. The quantitative estimate of drug-likeness (QED) is 0.253. The highest BCUT2D eigenvalue weighted by Gasteiger charge is 2.21. The first-order valence-electron chi connectivity index (χ1n) is 10.9. The van der Waals surface area contributed by atoms with Gasteiger partial charge in [-0.05, 0) is 62.6 Å². The average Bonchev–Trinajstić information content (AvgIpc) is 2.74. The van der Waals surface area contributed by atoms with Crippen molar-refractivity contribution in [1.82, 2.24) is 4.98 Å². The van der Waals surface area contributed by atoms with Crippen molar-refractivity contribution in [2.75, 3.05) is 23.6 Å². The molecule has 1 aromatic heterocycles. The summed E-state index contributed by atoms with van der Waals surface area (Å²) in [5.74, 6) is 1.19. The predicted octanol–water partition coefficient (Wildman–Crippen LogP) is 7.56. The Hall–Kier alpha value is -1.11. The monoisotopic (exact) mass is 476 g/mol. The van der Waals surface area contributed by atoms with E-state index in [0.29, 0.717) is 6.42 Å². The first-order chi connectivity index (χ1) is 14.8. The van der Waals surface area contributed by atoms with Gasteiger partial charge in [0.25, 0.3) is 0 Å². The van der Waals surface area contributed by atoms with Crippen LogP contribution in [0.15, 0.2) is 40.3 Å². The van der Waals surface area contributed by atoms with Crippen LogP contribution in [0.4, 0.5) is 5.69 Å². The molecule has 0 aliphatic rings. The molecule has 0 unspecified atom stereocenters. The van der Waals surface area contributed by atoms with Crippen molar-refractivity contribution in [3.05, 3.63) is 47.2 Å². The van der Waals surface area contributed by atoms with E-state index >= 15 is 0 Å². The number of aryl methyl sites for hydroxylation is 1. The molecule has 0 saturated carbocycles. The Balaban J connectivity index is 1.99. The van der Waals surface area contributed by atoms with Gasteiger partial charge in [-0.3, -0.25) is 4.79 Å². The summed E-state index contributed by atoms with van der Waals surface area (Å²) in [5, 5.41) is 3.97. The molecule has 0 atom stereocenters. The van der Waals surface area contributed by atoms with Crippen LogP contribution in [-0.2, 0) is 16.0 Å². The number of nitrogens with one attached hydrogen (secondary N) is 1. The molecule has 0 bridgehead atoms. The lowest BCUT2D eigenvalue weighted by atomic mass is 10.00. The van der Waals surface area contributed by atoms with Crippen LogP contribution in [-0.4, -0.2) is 29.2 Å². The van der Waals surface area contributed by atoms with Gasteiger partial charge >= 0.3 is 0 Å². The largest absolute Gasteiger partial charge is 0.323 e. The minimum absolute atomic E-state index is 0.00596. The maximum absolute atomic E-state index is 12.8. The number of hydrogen-bond donors (Lipinski definition) is 1. The molecule has 1 aromatic carbocycles. The number of hydrogen-bond acceptors (Lipinski definition) is 5. The summed E-state index contributed by atoms with van der Waals surface area (Å²) in [7, 11) is 0. The SMILES string of the molecule is CCCCCCSC(C)(C)c1ccc(CC(=O)Nc2c(SC)cc(C)nc2SC)cc1. The van der Waals surface area contributed by atoms with Crippen LogP contribution in [0.2, 0.25) is 0 Å². The van der Waals surface area contributed by atoms with E-state index in [9.17, 15) is 4.79 Å². The molecule has 0 aliphatic carbocycles. The van der Waals surface area contributed by atoms with Crippen molar-refractivity contribution < 1.29 is 4.79 Å². The number of amides is 1. The van der Waals surface area contributed by atoms with E-state index < -0.39 is 0 Å². The van der Waals surface area contributed by atoms with E-state index in [1.54, 1.807) is 23.5 Å². The van der Waals surface area contributed by atoms with Crippen molar-refractivity contribution in [3.8, 4) is 0 Å². The Bertz CT molecular complexity index is 825. The van der Waals surface area contributed by atoms with Gasteiger partial charge in [0.05, 0.1) is 12.1 Å². The van der Waals surface area contributed by atoms with Gasteiger partial charge in [0, 0.05) is 15.3 Å². The zero-order valence-corrected chi connectivity index (χ0v) is 22.2. The van der Waals surface area contributed by atoms with Crippen LogP contribution in [0.25, 0.3) is 0 Å². The Morgan fingerprint density at radius 2 is 1.77 bits per heavy atom. The third-order valence-electron chi connectivity index (χ3n) is 5.23. The minimum atomic E-state index is -0.00596. The van der Waals surface area contributed by atoms with E-state index in [0.717, 1.165) is 26.9 Å². The second-order valence-electron chi connectivity index (χ2n) is 8.19. The first-order valence-corrected chi connectivity index (χ1v) is 14.4. The molecule has 2 rings (SSSR count). The van der Waals surface area contributed by atoms with Crippen LogP contribution < -0.4 is 5.32 Å². The van der Waals surface area contributed by atoms with Gasteiger partial charge in [0.15, 0.2) is 0 Å². The van der Waals surface area contributed by atoms with Gasteiger partial charge in [0.1, 0.15) is 5.03 Å². The number of carbonyl (C=O) groups excluding carboxylic acids is 1. The maximum Gasteiger partial charge on any atom is 0.228 e. The number of pyridine rings is 1. The third kappa shape index (κ3) is 8.07. The Morgan fingerprint density at radius 3 is 2.39 bits per heavy atom. The molecule has 2 aromatic rings. The molecule has 0 fully saturated rings. The standard InChI is InChI=1S/C25H36N2OS3/c1-7-8-9-10-15-31-25(3,4)20-13-11-19(12-14-20)17-22(28)27-23-21(29-5)16-18(2)26-24(23)30-6/h11-14,16H,7-10,15,17H2,1-6H3,(H,27,28). The maximum atomic E-state index is 12.8. The fraction of sp³-hybridized carbons (Fsp3) is 0.520. The normalized spacial score (nSPS) is 11.5. The van der Waals surface area contributed by atoms with E-state index in [1.165, 1.54) is 37.0 Å². The summed E-state index contributed by atoms with van der Waals surface area (Å²) < 4.78 is 0.0844. The number of unbranched alkanes of at least 4 members (excludes halogenated alkanes) is 3. The molecule has 0 radical (unpaired) electrons. The Kier molecular flexibility index (Phi) is 10.8. The molecule has 6 heteroatoms. The van der Waals surface area contributed by atoms with Crippen LogP contribution in [0.3, 0.4) is 0 Å². The minimum Gasteiger partial charge on any atom is -0.323 e. The van der Waals surface area contributed by atoms with Crippen molar-refractivity contribution in [2.45, 2.75) is 74.5 Å². The van der Waals surface area contributed by atoms with Crippen molar-refractivity contribution >= 4 is 46.9 Å². The highest BCUT2D eigenvalue weighted by atomic mass is 32.2. The van der Waals surface area contributed by atoms with E-state index in [2.05, 4.69) is 55.3 Å². The molecule has 1 heterocycles. The lowest BCUT2D eigenvalue weighted by molar-refractivity contribution is -0.115. The first kappa shape index (κ1) is 26.1.